The van der Waals surface area contributed by atoms with Crippen molar-refractivity contribution in [3.8, 4) is 5.75 Å². The highest BCUT2D eigenvalue weighted by atomic mass is 32.2. The molecule has 27 heavy (non-hydrogen) atoms. The van der Waals surface area contributed by atoms with Gasteiger partial charge in [0.2, 0.25) is 0 Å². The van der Waals surface area contributed by atoms with E-state index in [4.69, 9.17) is 9.47 Å². The molecule has 0 aromatic heterocycles. The molecule has 2 atom stereocenters. The van der Waals surface area contributed by atoms with E-state index >= 15 is 0 Å². The van der Waals surface area contributed by atoms with Crippen molar-refractivity contribution in [1.29, 1.82) is 0 Å². The zero-order chi connectivity index (χ0) is 18.6. The zero-order valence-electron chi connectivity index (χ0n) is 16.1. The molecule has 0 bridgehead atoms. The van der Waals surface area contributed by atoms with Gasteiger partial charge in [-0.15, -0.1) is 11.8 Å². The van der Waals surface area contributed by atoms with Crippen molar-refractivity contribution < 1.29 is 9.47 Å². The molecule has 0 aliphatic carbocycles. The van der Waals surface area contributed by atoms with Gasteiger partial charge in [0.25, 0.3) is 0 Å². The smallest absolute Gasteiger partial charge is 0.119 e. The lowest BCUT2D eigenvalue weighted by Gasteiger charge is -2.33. The van der Waals surface area contributed by atoms with Crippen molar-refractivity contribution in [3.63, 3.8) is 0 Å². The van der Waals surface area contributed by atoms with E-state index in [1.165, 1.54) is 21.6 Å². The summed E-state index contributed by atoms with van der Waals surface area (Å²) in [5.41, 5.74) is 4.17. The van der Waals surface area contributed by atoms with Crippen LogP contribution in [0.15, 0.2) is 47.4 Å². The van der Waals surface area contributed by atoms with E-state index < -0.39 is 0 Å². The van der Waals surface area contributed by atoms with Crippen LogP contribution in [0.4, 0.5) is 0 Å². The molecular weight excluding hydrogens is 356 g/mol. The summed E-state index contributed by atoms with van der Waals surface area (Å²) in [5.74, 6) is 1.35. The predicted molar refractivity (Wildman–Crippen MR) is 111 cm³/mol. The summed E-state index contributed by atoms with van der Waals surface area (Å²) in [6, 6.07) is 15.6. The molecule has 2 heterocycles. The first-order valence-electron chi connectivity index (χ1n) is 9.63. The minimum absolute atomic E-state index is 0.139. The van der Waals surface area contributed by atoms with Crippen LogP contribution in [-0.4, -0.2) is 57.2 Å². The molecule has 1 fully saturated rings. The maximum atomic E-state index is 6.03. The number of morpholine rings is 1. The minimum atomic E-state index is 0.139. The third-order valence-electron chi connectivity index (χ3n) is 5.38. The Labute approximate surface area is 166 Å². The molecule has 0 radical (unpaired) electrons. The van der Waals surface area contributed by atoms with Crippen molar-refractivity contribution >= 4 is 11.8 Å². The molecule has 5 heteroatoms. The van der Waals surface area contributed by atoms with E-state index in [1.54, 1.807) is 11.8 Å². The van der Waals surface area contributed by atoms with E-state index in [2.05, 4.69) is 66.0 Å². The second kappa shape index (κ2) is 8.65. The lowest BCUT2D eigenvalue weighted by Crippen LogP contribution is -2.41. The van der Waals surface area contributed by atoms with Gasteiger partial charge in [-0.2, -0.15) is 0 Å². The van der Waals surface area contributed by atoms with Crippen LogP contribution >= 0.6 is 11.8 Å². The largest absolute Gasteiger partial charge is 0.491 e. The Morgan fingerprint density at radius 1 is 1.22 bits per heavy atom. The molecule has 144 valence electrons. The summed E-state index contributed by atoms with van der Waals surface area (Å²) < 4.78 is 11.8. The summed E-state index contributed by atoms with van der Waals surface area (Å²) in [5, 5.41) is 3.35. The number of benzene rings is 2. The summed E-state index contributed by atoms with van der Waals surface area (Å²) >= 11 is 1.79. The monoisotopic (exact) mass is 384 g/mol. The number of thioether (sulfide) groups is 1. The van der Waals surface area contributed by atoms with Crippen LogP contribution in [0.3, 0.4) is 0 Å². The third-order valence-corrected chi connectivity index (χ3v) is 6.13. The molecule has 2 unspecified atom stereocenters. The van der Waals surface area contributed by atoms with Gasteiger partial charge in [-0.05, 0) is 54.3 Å². The molecule has 2 aromatic carbocycles. The zero-order valence-corrected chi connectivity index (χ0v) is 16.9. The Bertz CT molecular complexity index is 759. The van der Waals surface area contributed by atoms with Crippen molar-refractivity contribution in [3.05, 3.63) is 59.2 Å². The van der Waals surface area contributed by atoms with Gasteiger partial charge in [-0.25, -0.2) is 0 Å². The van der Waals surface area contributed by atoms with E-state index in [9.17, 15) is 0 Å². The fraction of sp³-hybridized carbons (Fsp3) is 0.455. The van der Waals surface area contributed by atoms with Crippen LogP contribution in [0.5, 0.6) is 5.75 Å². The van der Waals surface area contributed by atoms with Gasteiger partial charge < -0.3 is 19.7 Å². The van der Waals surface area contributed by atoms with Gasteiger partial charge in [0, 0.05) is 37.0 Å². The summed E-state index contributed by atoms with van der Waals surface area (Å²) in [7, 11) is 2.20. The van der Waals surface area contributed by atoms with Gasteiger partial charge >= 0.3 is 0 Å². The van der Waals surface area contributed by atoms with Gasteiger partial charge in [-0.3, -0.25) is 0 Å². The van der Waals surface area contributed by atoms with E-state index in [-0.39, 0.29) is 6.10 Å². The molecule has 0 amide bonds. The first kappa shape index (κ1) is 18.8. The summed E-state index contributed by atoms with van der Waals surface area (Å²) in [6.07, 6.45) is 2.26. The molecule has 4 rings (SSSR count). The number of hydrogen-bond donors (Lipinski definition) is 1. The second-order valence-corrected chi connectivity index (χ2v) is 8.27. The van der Waals surface area contributed by atoms with Crippen molar-refractivity contribution in [2.75, 3.05) is 46.2 Å². The summed E-state index contributed by atoms with van der Waals surface area (Å²) in [4.78, 5) is 3.71. The van der Waals surface area contributed by atoms with Crippen molar-refractivity contribution in [1.82, 2.24) is 10.2 Å². The first-order valence-corrected chi connectivity index (χ1v) is 10.9. The molecule has 1 saturated heterocycles. The Hall–Kier alpha value is -1.53. The second-order valence-electron chi connectivity index (χ2n) is 7.39. The SMILES string of the molecule is CSc1ccc(C2CN(C)Cc3cc(OCC4CNCCO4)ccc32)cc1. The highest BCUT2D eigenvalue weighted by Crippen LogP contribution is 2.35. The fourth-order valence-corrected chi connectivity index (χ4v) is 4.36. The number of nitrogens with one attached hydrogen (secondary N) is 1. The molecule has 2 aliphatic rings. The number of fused-ring (bicyclic) bond motifs is 1. The van der Waals surface area contributed by atoms with Crippen molar-refractivity contribution in [2.45, 2.75) is 23.5 Å². The maximum Gasteiger partial charge on any atom is 0.119 e. The lowest BCUT2D eigenvalue weighted by molar-refractivity contribution is 0.000160. The molecule has 2 aromatic rings. The Morgan fingerprint density at radius 2 is 2.07 bits per heavy atom. The first-order chi connectivity index (χ1) is 13.2. The van der Waals surface area contributed by atoms with E-state index in [0.29, 0.717) is 12.5 Å². The number of nitrogens with zero attached hydrogens (tertiary/aromatic N) is 1. The standard InChI is InChI=1S/C22H28N2O2S/c1-24-13-17-11-18(26-15-19-12-23-9-10-25-19)5-8-21(17)22(14-24)16-3-6-20(27-2)7-4-16/h3-8,11,19,22-23H,9-10,12-15H2,1-2H3. The Kier molecular flexibility index (Phi) is 6.03. The minimum Gasteiger partial charge on any atom is -0.491 e. The van der Waals surface area contributed by atoms with Crippen LogP contribution in [0.2, 0.25) is 0 Å². The molecule has 0 saturated carbocycles. The Morgan fingerprint density at radius 3 is 2.81 bits per heavy atom. The van der Waals surface area contributed by atoms with Crippen LogP contribution < -0.4 is 10.1 Å². The maximum absolute atomic E-state index is 6.03. The number of rotatable bonds is 5. The molecule has 1 N–H and O–H groups in total. The molecule has 4 nitrogen and oxygen atoms in total. The number of ether oxygens (including phenoxy) is 2. The van der Waals surface area contributed by atoms with Gasteiger partial charge in [-0.1, -0.05) is 18.2 Å². The quantitative estimate of drug-likeness (QED) is 0.800. The van der Waals surface area contributed by atoms with Crippen molar-refractivity contribution in [2.24, 2.45) is 0 Å². The van der Waals surface area contributed by atoms with Gasteiger partial charge in [0.1, 0.15) is 18.5 Å². The Balaban J connectivity index is 1.51. The molecule has 2 aliphatic heterocycles. The van der Waals surface area contributed by atoms with Crippen LogP contribution in [0.1, 0.15) is 22.6 Å². The summed E-state index contributed by atoms with van der Waals surface area (Å²) in [6.45, 7) is 5.17. The number of hydrogen-bond acceptors (Lipinski definition) is 5. The lowest BCUT2D eigenvalue weighted by atomic mass is 9.85. The molecular formula is C22H28N2O2S. The third kappa shape index (κ3) is 4.49. The van der Waals surface area contributed by atoms with Crippen LogP contribution in [0, 0.1) is 0 Å². The van der Waals surface area contributed by atoms with E-state index in [0.717, 1.165) is 38.5 Å². The average Bonchev–Trinajstić information content (AvgIpc) is 2.72. The topological polar surface area (TPSA) is 33.7 Å². The molecule has 0 spiro atoms. The van der Waals surface area contributed by atoms with Crippen LogP contribution in [0.25, 0.3) is 0 Å². The average molecular weight is 385 g/mol. The number of likely N-dealkylation sites (N-methyl/N-ethyl adjacent to an activating group) is 1. The predicted octanol–water partition coefficient (Wildman–Crippen LogP) is 3.35. The van der Waals surface area contributed by atoms with Gasteiger partial charge in [0.15, 0.2) is 0 Å². The highest BCUT2D eigenvalue weighted by molar-refractivity contribution is 7.98. The van der Waals surface area contributed by atoms with Gasteiger partial charge in [0.05, 0.1) is 6.61 Å². The van der Waals surface area contributed by atoms with E-state index in [1.807, 2.05) is 0 Å². The van der Waals surface area contributed by atoms with Crippen LogP contribution in [-0.2, 0) is 11.3 Å². The highest BCUT2D eigenvalue weighted by Gasteiger charge is 2.25. The normalized spacial score (nSPS) is 23.0. The fourth-order valence-electron chi connectivity index (χ4n) is 3.95.